The van der Waals surface area contributed by atoms with Crippen LogP contribution < -0.4 is 0 Å². The summed E-state index contributed by atoms with van der Waals surface area (Å²) in [6.45, 7) is 6.03. The molecule has 0 unspecified atom stereocenters. The molecule has 0 aliphatic carbocycles. The van der Waals surface area contributed by atoms with Crippen molar-refractivity contribution in [2.75, 3.05) is 0 Å². The van der Waals surface area contributed by atoms with Crippen molar-refractivity contribution in [3.8, 4) is 0 Å². The first-order valence-corrected chi connectivity index (χ1v) is 16.4. The van der Waals surface area contributed by atoms with Crippen LogP contribution in [0.3, 0.4) is 0 Å². The van der Waals surface area contributed by atoms with E-state index >= 15 is 0 Å². The summed E-state index contributed by atoms with van der Waals surface area (Å²) in [6.07, 6.45) is -0.246. The molecule has 0 aliphatic heterocycles. The maximum Gasteiger partial charge on any atom is 0.345 e. The Hall–Kier alpha value is -0.180. The van der Waals surface area contributed by atoms with Crippen molar-refractivity contribution in [2.24, 2.45) is 0 Å². The fourth-order valence-corrected chi connectivity index (χ4v) is 10.0. The quantitative estimate of drug-likeness (QED) is 0.201. The highest BCUT2D eigenvalue weighted by Crippen LogP contribution is 2.74. The van der Waals surface area contributed by atoms with E-state index in [-0.39, 0.29) is 59.1 Å². The van der Waals surface area contributed by atoms with Crippen molar-refractivity contribution in [3.63, 3.8) is 0 Å². The van der Waals surface area contributed by atoms with Crippen molar-refractivity contribution < 1.29 is 57.4 Å². The molecule has 0 amide bonds. The highest BCUT2D eigenvalue weighted by atomic mass is 31.2. The van der Waals surface area contributed by atoms with Crippen LogP contribution in [0.4, 0.5) is 0 Å². The number of hydrogen-bond acceptors (Lipinski definition) is 4. The molecule has 0 bridgehead atoms. The summed E-state index contributed by atoms with van der Waals surface area (Å²) in [6, 6.07) is 0. The summed E-state index contributed by atoms with van der Waals surface area (Å²) in [4.78, 5) is 78.7. The van der Waals surface area contributed by atoms with Gasteiger partial charge in [0.2, 0.25) is 0 Å². The Morgan fingerprint density at radius 1 is 0.469 bits per heavy atom. The number of hydrogen-bond donors (Lipinski definition) is 8. The maximum atomic E-state index is 12.2. The molecule has 0 heterocycles. The second-order valence-electron chi connectivity index (χ2n) is 7.26. The summed E-state index contributed by atoms with van der Waals surface area (Å²) in [5, 5.41) is -5.04. The van der Waals surface area contributed by atoms with E-state index in [9.17, 15) is 57.4 Å². The fourth-order valence-electron chi connectivity index (χ4n) is 4.32. The van der Waals surface area contributed by atoms with E-state index in [4.69, 9.17) is 0 Å². The normalized spacial score (nSPS) is 13.9. The third kappa shape index (κ3) is 6.08. The van der Waals surface area contributed by atoms with Gasteiger partial charge in [-0.3, -0.25) is 18.3 Å². The molecule has 32 heavy (non-hydrogen) atoms. The van der Waals surface area contributed by atoms with Crippen molar-refractivity contribution in [3.05, 3.63) is 33.4 Å². The zero-order valence-electron chi connectivity index (χ0n) is 18.0. The van der Waals surface area contributed by atoms with Gasteiger partial charge in [0, 0.05) is 0 Å². The first-order chi connectivity index (χ1) is 14.3. The van der Waals surface area contributed by atoms with Gasteiger partial charge in [0.1, 0.15) is 0 Å². The van der Waals surface area contributed by atoms with Gasteiger partial charge in [-0.2, -0.15) is 0 Å². The molecule has 0 saturated heterocycles. The minimum Gasteiger partial charge on any atom is -0.324 e. The first-order valence-electron chi connectivity index (χ1n) is 9.68. The van der Waals surface area contributed by atoms with Gasteiger partial charge in [-0.15, -0.1) is 0 Å². The predicted octanol–water partition coefficient (Wildman–Crippen LogP) is 2.64. The zero-order valence-corrected chi connectivity index (χ0v) is 21.6. The minimum atomic E-state index is -5.43. The van der Waals surface area contributed by atoms with E-state index in [0.29, 0.717) is 0 Å². The minimum absolute atomic E-state index is 0.0000926. The lowest BCUT2D eigenvalue weighted by Gasteiger charge is -2.33. The lowest BCUT2D eigenvalue weighted by Crippen LogP contribution is -2.18. The molecule has 0 atom stereocenters. The number of rotatable bonds is 10. The van der Waals surface area contributed by atoms with Gasteiger partial charge in [0.25, 0.3) is 0 Å². The van der Waals surface area contributed by atoms with E-state index in [1.54, 1.807) is 0 Å². The van der Waals surface area contributed by atoms with E-state index in [2.05, 4.69) is 0 Å². The average molecular weight is 538 g/mol. The van der Waals surface area contributed by atoms with Crippen LogP contribution in [0, 0.1) is 0 Å². The van der Waals surface area contributed by atoms with Crippen molar-refractivity contribution in [1.29, 1.82) is 0 Å². The predicted molar refractivity (Wildman–Crippen MR) is 118 cm³/mol. The van der Waals surface area contributed by atoms with Crippen molar-refractivity contribution >= 4 is 30.4 Å². The Morgan fingerprint density at radius 2 is 0.625 bits per heavy atom. The third-order valence-corrected chi connectivity index (χ3v) is 12.4. The lowest BCUT2D eigenvalue weighted by molar-refractivity contribution is 0.334. The van der Waals surface area contributed by atoms with E-state index < -0.39 is 41.2 Å². The zero-order chi connectivity index (χ0) is 25.4. The Kier molecular flexibility index (Phi) is 9.52. The van der Waals surface area contributed by atoms with Crippen LogP contribution in [0.15, 0.2) is 0 Å². The number of benzene rings is 1. The summed E-state index contributed by atoms with van der Waals surface area (Å²) < 4.78 is 48.8. The van der Waals surface area contributed by atoms with Crippen molar-refractivity contribution in [1.82, 2.24) is 0 Å². The van der Waals surface area contributed by atoms with E-state index in [0.717, 1.165) is 0 Å². The molecule has 12 nitrogen and oxygen atoms in total. The monoisotopic (exact) mass is 538 g/mol. The summed E-state index contributed by atoms with van der Waals surface area (Å²) in [5.74, 6) is 0. The van der Waals surface area contributed by atoms with Crippen LogP contribution in [-0.4, -0.2) is 39.1 Å². The molecule has 1 rings (SSSR count). The smallest absolute Gasteiger partial charge is 0.324 e. The molecule has 8 N–H and O–H groups in total. The second-order valence-corrected chi connectivity index (χ2v) is 14.9. The summed E-state index contributed by atoms with van der Waals surface area (Å²) in [7, 11) is -21.7. The molecular formula is C16H30O12P4. The molecule has 0 radical (unpaired) electrons. The average Bonchev–Trinajstić information content (AvgIpc) is 2.56. The molecule has 1 aromatic rings. The first kappa shape index (κ1) is 29.9. The molecule has 186 valence electrons. The Morgan fingerprint density at radius 3 is 0.719 bits per heavy atom. The van der Waals surface area contributed by atoms with Crippen LogP contribution in [0.2, 0.25) is 0 Å². The highest BCUT2D eigenvalue weighted by Gasteiger charge is 2.51. The van der Waals surface area contributed by atoms with Gasteiger partial charge in [0.05, 0.1) is 0 Å². The van der Waals surface area contributed by atoms with Gasteiger partial charge < -0.3 is 39.1 Å². The largest absolute Gasteiger partial charge is 0.345 e. The topological polar surface area (TPSA) is 230 Å². The molecule has 16 heteroatoms. The lowest BCUT2D eigenvalue weighted by atomic mass is 9.83. The molecule has 0 saturated carbocycles. The third-order valence-electron chi connectivity index (χ3n) is 5.23. The maximum absolute atomic E-state index is 12.2. The second kappa shape index (κ2) is 10.2. The molecule has 0 aliphatic rings. The van der Waals surface area contributed by atoms with E-state index in [1.807, 2.05) is 0 Å². The van der Waals surface area contributed by atoms with Crippen LogP contribution >= 0.6 is 30.4 Å². The highest BCUT2D eigenvalue weighted by molar-refractivity contribution is 7.70. The van der Waals surface area contributed by atoms with Gasteiger partial charge in [-0.25, -0.2) is 0 Å². The Bertz CT molecular complexity index is 884. The summed E-state index contributed by atoms with van der Waals surface area (Å²) >= 11 is 0. The van der Waals surface area contributed by atoms with Crippen LogP contribution in [0.5, 0.6) is 0 Å². The summed E-state index contributed by atoms with van der Waals surface area (Å²) in [5.41, 5.74) is -0.658. The van der Waals surface area contributed by atoms with Gasteiger partial charge >= 0.3 is 30.4 Å². The molecule has 0 spiro atoms. The van der Waals surface area contributed by atoms with Gasteiger partial charge in [-0.1, -0.05) is 27.7 Å². The Balaban J connectivity index is 4.51. The molecule has 1 aromatic carbocycles. The van der Waals surface area contributed by atoms with Crippen LogP contribution in [-0.2, 0) is 43.9 Å². The van der Waals surface area contributed by atoms with Gasteiger partial charge in [-0.05, 0) is 59.1 Å². The van der Waals surface area contributed by atoms with Crippen LogP contribution in [0.25, 0.3) is 0 Å². The van der Waals surface area contributed by atoms with Crippen LogP contribution in [0.1, 0.15) is 71.9 Å². The fraction of sp³-hybridized carbons (Fsp3) is 0.625. The van der Waals surface area contributed by atoms with Gasteiger partial charge in [0.15, 0.2) is 10.8 Å². The Labute approximate surface area is 185 Å². The molecule has 0 aromatic heterocycles. The molecular weight excluding hydrogens is 508 g/mol. The SMILES string of the molecule is CCc1c(CC)c(C(P(=O)(O)O)P(=O)(O)O)c(CC)c(CC)c1C(P(=O)(O)O)P(=O)(O)O. The van der Waals surface area contributed by atoms with E-state index in [1.165, 1.54) is 27.7 Å². The molecule has 0 fully saturated rings. The van der Waals surface area contributed by atoms with Crippen molar-refractivity contribution in [2.45, 2.75) is 64.2 Å². The standard InChI is InChI=1S/C16H30O12P4/c1-5-9-10(6-2)14(16(31(23,24)25)32(26,27)28)12(8-4)11(7-3)13(9)15(29(17,18)19)30(20,21)22/h15-16H,5-8H2,1-4H3,(H2,17,18,19)(H2,20,21,22)(H2,23,24,25)(H2,26,27,28).